The van der Waals surface area contributed by atoms with E-state index in [2.05, 4.69) is 15.0 Å². The van der Waals surface area contributed by atoms with Crippen molar-refractivity contribution in [1.82, 2.24) is 5.16 Å². The molecule has 0 aliphatic carbocycles. The molecule has 0 aliphatic rings. The highest BCUT2D eigenvalue weighted by Crippen LogP contribution is 2.12. The molecule has 0 fully saturated rings. The molecule has 0 bridgehead atoms. The normalized spacial score (nSPS) is 10.1. The largest absolute Gasteiger partial charge is 0.363 e. The van der Waals surface area contributed by atoms with Gasteiger partial charge in [-0.2, -0.15) is 0 Å². The minimum Gasteiger partial charge on any atom is -0.363 e. The smallest absolute Gasteiger partial charge is 0.257 e. The first-order valence-corrected chi connectivity index (χ1v) is 4.65. The van der Waals surface area contributed by atoms with E-state index in [1.165, 1.54) is 30.5 Å². The number of hydrogen-bond acceptors (Lipinski definition) is 3. The van der Waals surface area contributed by atoms with Crippen molar-refractivity contribution in [3.63, 3.8) is 0 Å². The molecule has 2 aromatic rings. The molecule has 0 saturated carbocycles. The van der Waals surface area contributed by atoms with Crippen molar-refractivity contribution < 1.29 is 13.7 Å². The van der Waals surface area contributed by atoms with Crippen LogP contribution in [0.3, 0.4) is 0 Å². The first kappa shape index (κ1) is 10.4. The van der Waals surface area contributed by atoms with Crippen molar-refractivity contribution in [3.8, 4) is 0 Å². The van der Waals surface area contributed by atoms with Crippen LogP contribution in [0.5, 0.6) is 0 Å². The molecule has 4 nitrogen and oxygen atoms in total. The zero-order chi connectivity index (χ0) is 11.5. The summed E-state index contributed by atoms with van der Waals surface area (Å²) in [5, 5.41) is 6.08. The number of carbonyl (C=O) groups is 1. The molecule has 82 valence electrons. The predicted octanol–water partition coefficient (Wildman–Crippen LogP) is 2.37. The summed E-state index contributed by atoms with van der Waals surface area (Å²) in [6, 6.07) is 5.50. The van der Waals surface area contributed by atoms with E-state index in [4.69, 9.17) is 0 Å². The van der Waals surface area contributed by atoms with Gasteiger partial charge >= 0.3 is 0 Å². The molecule has 1 aromatic carbocycles. The van der Waals surface area contributed by atoms with Crippen LogP contribution in [0, 0.1) is 12.7 Å². The van der Waals surface area contributed by atoms with Gasteiger partial charge in [-0.3, -0.25) is 4.79 Å². The lowest BCUT2D eigenvalue weighted by Crippen LogP contribution is -2.13. The van der Waals surface area contributed by atoms with Crippen molar-refractivity contribution in [3.05, 3.63) is 47.5 Å². The summed E-state index contributed by atoms with van der Waals surface area (Å²) in [6.07, 6.45) is 1.35. The number of anilines is 1. The fourth-order valence-electron chi connectivity index (χ4n) is 1.34. The summed E-state index contributed by atoms with van der Waals surface area (Å²) in [5.74, 6) is -0.379. The standard InChI is InChI=1S/C11H9FN2O2/c1-7-6-8(12)2-3-9(7)11(15)13-10-4-5-16-14-10/h2-6H,1H3,(H,13,14,15). The minimum absolute atomic E-state index is 0.328. The number of hydrogen-bond donors (Lipinski definition) is 1. The Labute approximate surface area is 91.1 Å². The average molecular weight is 220 g/mol. The molecule has 2 rings (SSSR count). The summed E-state index contributed by atoms with van der Waals surface area (Å²) in [7, 11) is 0. The number of carbonyl (C=O) groups excluding carboxylic acids is 1. The van der Waals surface area contributed by atoms with Crippen molar-refractivity contribution >= 4 is 11.7 Å². The third kappa shape index (κ3) is 2.08. The van der Waals surface area contributed by atoms with Crippen LogP contribution in [-0.4, -0.2) is 11.1 Å². The van der Waals surface area contributed by atoms with Crippen LogP contribution in [0.1, 0.15) is 15.9 Å². The molecule has 0 unspecified atom stereocenters. The lowest BCUT2D eigenvalue weighted by Gasteiger charge is -2.04. The van der Waals surface area contributed by atoms with Crippen molar-refractivity contribution in [1.29, 1.82) is 0 Å². The second-order valence-corrected chi connectivity index (χ2v) is 3.30. The number of rotatable bonds is 2. The highest BCUT2D eigenvalue weighted by molar-refractivity contribution is 6.04. The molecule has 1 aromatic heterocycles. The molecule has 0 aliphatic heterocycles. The SMILES string of the molecule is Cc1cc(F)ccc1C(=O)Nc1ccon1. The third-order valence-electron chi connectivity index (χ3n) is 2.11. The van der Waals surface area contributed by atoms with Gasteiger partial charge in [-0.05, 0) is 30.7 Å². The second kappa shape index (κ2) is 4.14. The number of aromatic nitrogens is 1. The van der Waals surface area contributed by atoms with E-state index in [-0.39, 0.29) is 11.7 Å². The van der Waals surface area contributed by atoms with Crippen LogP contribution < -0.4 is 5.32 Å². The molecule has 1 heterocycles. The summed E-state index contributed by atoms with van der Waals surface area (Å²) in [5.41, 5.74) is 0.977. The summed E-state index contributed by atoms with van der Waals surface area (Å²) >= 11 is 0. The van der Waals surface area contributed by atoms with E-state index in [9.17, 15) is 9.18 Å². The van der Waals surface area contributed by atoms with Gasteiger partial charge in [0.2, 0.25) is 0 Å². The number of benzene rings is 1. The van der Waals surface area contributed by atoms with Crippen LogP contribution in [0.25, 0.3) is 0 Å². The molecular weight excluding hydrogens is 211 g/mol. The van der Waals surface area contributed by atoms with Crippen molar-refractivity contribution in [2.24, 2.45) is 0 Å². The molecule has 0 saturated heterocycles. The summed E-state index contributed by atoms with van der Waals surface area (Å²) in [4.78, 5) is 11.7. The molecule has 0 spiro atoms. The Morgan fingerprint density at radius 2 is 2.25 bits per heavy atom. The van der Waals surface area contributed by atoms with Crippen LogP contribution in [-0.2, 0) is 0 Å². The van der Waals surface area contributed by atoms with Crippen LogP contribution >= 0.6 is 0 Å². The van der Waals surface area contributed by atoms with E-state index in [0.717, 1.165) is 0 Å². The van der Waals surface area contributed by atoms with Gasteiger partial charge in [0.1, 0.15) is 12.1 Å². The Morgan fingerprint density at radius 3 is 2.88 bits per heavy atom. The first-order chi connectivity index (χ1) is 7.66. The molecule has 0 radical (unpaired) electrons. The van der Waals surface area contributed by atoms with Gasteiger partial charge in [-0.25, -0.2) is 4.39 Å². The fraction of sp³-hybridized carbons (Fsp3) is 0.0909. The van der Waals surface area contributed by atoms with E-state index < -0.39 is 0 Å². The number of halogens is 1. The molecule has 16 heavy (non-hydrogen) atoms. The van der Waals surface area contributed by atoms with E-state index in [1.807, 2.05) is 0 Å². The van der Waals surface area contributed by atoms with Crippen molar-refractivity contribution in [2.45, 2.75) is 6.92 Å². The molecule has 1 amide bonds. The van der Waals surface area contributed by atoms with Gasteiger partial charge in [-0.1, -0.05) is 5.16 Å². The zero-order valence-electron chi connectivity index (χ0n) is 8.53. The molecule has 0 atom stereocenters. The number of aryl methyl sites for hydroxylation is 1. The summed E-state index contributed by atoms with van der Waals surface area (Å²) < 4.78 is 17.4. The lowest BCUT2D eigenvalue weighted by atomic mass is 10.1. The first-order valence-electron chi connectivity index (χ1n) is 4.65. The topological polar surface area (TPSA) is 55.1 Å². The van der Waals surface area contributed by atoms with Crippen LogP contribution in [0.15, 0.2) is 35.1 Å². The van der Waals surface area contributed by atoms with Crippen LogP contribution in [0.2, 0.25) is 0 Å². The Kier molecular flexibility index (Phi) is 2.68. The van der Waals surface area contributed by atoms with Gasteiger partial charge in [0.15, 0.2) is 5.82 Å². The zero-order valence-corrected chi connectivity index (χ0v) is 8.53. The molecular formula is C11H9FN2O2. The maximum atomic E-state index is 12.8. The number of nitrogens with one attached hydrogen (secondary N) is 1. The maximum Gasteiger partial charge on any atom is 0.257 e. The van der Waals surface area contributed by atoms with Gasteiger partial charge in [0.05, 0.1) is 0 Å². The van der Waals surface area contributed by atoms with E-state index in [1.54, 1.807) is 6.92 Å². The number of amides is 1. The fourth-order valence-corrected chi connectivity index (χ4v) is 1.34. The Bertz CT molecular complexity index is 509. The average Bonchev–Trinajstić information content (AvgIpc) is 2.70. The third-order valence-corrected chi connectivity index (χ3v) is 2.11. The molecule has 1 N–H and O–H groups in total. The minimum atomic E-state index is -0.365. The van der Waals surface area contributed by atoms with Gasteiger partial charge < -0.3 is 9.84 Å². The Balaban J connectivity index is 2.21. The molecule has 5 heteroatoms. The van der Waals surface area contributed by atoms with Gasteiger partial charge in [0, 0.05) is 11.6 Å². The van der Waals surface area contributed by atoms with E-state index in [0.29, 0.717) is 16.9 Å². The van der Waals surface area contributed by atoms with Gasteiger partial charge in [-0.15, -0.1) is 0 Å². The quantitative estimate of drug-likeness (QED) is 0.845. The number of nitrogens with zero attached hydrogens (tertiary/aromatic N) is 1. The monoisotopic (exact) mass is 220 g/mol. The maximum absolute atomic E-state index is 12.8. The lowest BCUT2D eigenvalue weighted by molar-refractivity contribution is 0.102. The Hall–Kier alpha value is -2.17. The highest BCUT2D eigenvalue weighted by Gasteiger charge is 2.10. The second-order valence-electron chi connectivity index (χ2n) is 3.30. The predicted molar refractivity (Wildman–Crippen MR) is 55.6 cm³/mol. The van der Waals surface area contributed by atoms with Crippen molar-refractivity contribution in [2.75, 3.05) is 5.32 Å². The summed E-state index contributed by atoms with van der Waals surface area (Å²) in [6.45, 7) is 1.67. The Morgan fingerprint density at radius 1 is 1.44 bits per heavy atom. The van der Waals surface area contributed by atoms with E-state index >= 15 is 0 Å². The van der Waals surface area contributed by atoms with Crippen LogP contribution in [0.4, 0.5) is 10.2 Å². The van der Waals surface area contributed by atoms with Gasteiger partial charge in [0.25, 0.3) is 5.91 Å². The highest BCUT2D eigenvalue weighted by atomic mass is 19.1.